The summed E-state index contributed by atoms with van der Waals surface area (Å²) in [5, 5.41) is 7.05. The van der Waals surface area contributed by atoms with Gasteiger partial charge in [-0.2, -0.15) is 18.3 Å². The molecule has 3 heterocycles. The van der Waals surface area contributed by atoms with Crippen LogP contribution >= 0.6 is 0 Å². The van der Waals surface area contributed by atoms with Crippen LogP contribution in [-0.2, 0) is 13.2 Å². The van der Waals surface area contributed by atoms with Gasteiger partial charge in [0.15, 0.2) is 11.6 Å². The van der Waals surface area contributed by atoms with Crippen LogP contribution < -0.4 is 5.32 Å². The molecule has 0 saturated carbocycles. The highest BCUT2D eigenvalue weighted by molar-refractivity contribution is 6.01. The number of likely N-dealkylation sites (tertiary alicyclic amines) is 1. The molecule has 3 aromatic rings. The van der Waals surface area contributed by atoms with E-state index in [1.54, 1.807) is 15.8 Å². The van der Waals surface area contributed by atoms with Crippen molar-refractivity contribution < 1.29 is 22.4 Å². The van der Waals surface area contributed by atoms with Gasteiger partial charge in [-0.15, -0.1) is 0 Å². The molecule has 10 heteroatoms. The van der Waals surface area contributed by atoms with Gasteiger partial charge in [-0.3, -0.25) is 9.48 Å². The Bertz CT molecular complexity index is 1220. The van der Waals surface area contributed by atoms with Crippen molar-refractivity contribution >= 4 is 11.7 Å². The molecule has 1 N–H and O–H groups in total. The van der Waals surface area contributed by atoms with Crippen LogP contribution in [0.2, 0.25) is 0 Å². The molecule has 6 nitrogen and oxygen atoms in total. The highest BCUT2D eigenvalue weighted by Crippen LogP contribution is 2.32. The number of carbonyl (C=O) groups is 1. The average molecular weight is 490 g/mol. The summed E-state index contributed by atoms with van der Waals surface area (Å²) in [6.07, 6.45) is 1.18. The molecule has 2 aromatic heterocycles. The first kappa shape index (κ1) is 24.7. The predicted molar refractivity (Wildman–Crippen MR) is 124 cm³/mol. The van der Waals surface area contributed by atoms with E-state index in [1.807, 2.05) is 45.3 Å². The quantitative estimate of drug-likeness (QED) is 0.494. The van der Waals surface area contributed by atoms with Gasteiger partial charge >= 0.3 is 6.18 Å². The lowest BCUT2D eigenvalue weighted by Crippen LogP contribution is -2.51. The summed E-state index contributed by atoms with van der Waals surface area (Å²) in [6, 6.07) is 5.83. The SMILES string of the molecule is Cc1ccc(-c2cnn(C)c2)c(C(=O)N2CCC[C@@H](C)C2CNc2ncc(C(F)(F)F)cc2F)c1. The number of benzene rings is 1. The number of rotatable bonds is 5. The molecule has 1 aliphatic heterocycles. The summed E-state index contributed by atoms with van der Waals surface area (Å²) < 4.78 is 54.5. The highest BCUT2D eigenvalue weighted by atomic mass is 19.4. The fourth-order valence-electron chi connectivity index (χ4n) is 4.54. The van der Waals surface area contributed by atoms with Gasteiger partial charge in [0, 0.05) is 43.7 Å². The van der Waals surface area contributed by atoms with Crippen LogP contribution in [0.3, 0.4) is 0 Å². The van der Waals surface area contributed by atoms with Gasteiger partial charge in [-0.05, 0) is 43.4 Å². The molecule has 1 aliphatic rings. The molecule has 1 fully saturated rings. The number of amides is 1. The molecule has 0 radical (unpaired) electrons. The van der Waals surface area contributed by atoms with Gasteiger partial charge in [0.2, 0.25) is 0 Å². The largest absolute Gasteiger partial charge is 0.417 e. The first-order valence-corrected chi connectivity index (χ1v) is 11.4. The first-order chi connectivity index (χ1) is 16.5. The predicted octanol–water partition coefficient (Wildman–Crippen LogP) is 5.30. The number of hydrogen-bond donors (Lipinski definition) is 1. The molecule has 4 rings (SSSR count). The van der Waals surface area contributed by atoms with E-state index >= 15 is 0 Å². The maximum absolute atomic E-state index is 14.3. The summed E-state index contributed by atoms with van der Waals surface area (Å²) in [4.78, 5) is 19.2. The summed E-state index contributed by atoms with van der Waals surface area (Å²) in [7, 11) is 1.81. The van der Waals surface area contributed by atoms with E-state index in [0.29, 0.717) is 24.4 Å². The summed E-state index contributed by atoms with van der Waals surface area (Å²) in [5.74, 6) is -1.40. The Morgan fingerprint density at radius 3 is 2.66 bits per heavy atom. The zero-order valence-electron chi connectivity index (χ0n) is 19.7. The van der Waals surface area contributed by atoms with E-state index in [1.165, 1.54) is 0 Å². The number of piperidine rings is 1. The first-order valence-electron chi connectivity index (χ1n) is 11.4. The molecule has 2 atom stereocenters. The van der Waals surface area contributed by atoms with Gasteiger partial charge in [0.05, 0.1) is 17.8 Å². The van der Waals surface area contributed by atoms with E-state index in [2.05, 4.69) is 15.4 Å². The van der Waals surface area contributed by atoms with Crippen LogP contribution in [0, 0.1) is 18.7 Å². The standard InChI is InChI=1S/C25H27F4N5O/c1-15-6-7-19(17-11-32-33(3)14-17)20(9-15)24(35)34-8-4-5-16(2)22(34)13-31-23-21(26)10-18(12-30-23)25(27,28)29/h6-7,9-12,14,16,22H,4-5,8,13H2,1-3H3,(H,30,31)/t16-,22?/m1/s1. The number of anilines is 1. The van der Waals surface area contributed by atoms with Crippen LogP contribution in [0.15, 0.2) is 42.9 Å². The Balaban J connectivity index is 1.59. The topological polar surface area (TPSA) is 63.1 Å². The summed E-state index contributed by atoms with van der Waals surface area (Å²) in [5.41, 5.74) is 1.94. The molecule has 1 amide bonds. The van der Waals surface area contributed by atoms with Crippen LogP contribution in [-0.4, -0.2) is 44.7 Å². The Hall–Kier alpha value is -3.43. The Kier molecular flexibility index (Phi) is 6.82. The maximum Gasteiger partial charge on any atom is 0.417 e. The number of pyridine rings is 1. The van der Waals surface area contributed by atoms with Gasteiger partial charge in [0.1, 0.15) is 0 Å². The van der Waals surface area contributed by atoms with Crippen molar-refractivity contribution in [2.75, 3.05) is 18.4 Å². The van der Waals surface area contributed by atoms with Crippen LogP contribution in [0.4, 0.5) is 23.4 Å². The number of nitrogens with zero attached hydrogens (tertiary/aromatic N) is 4. The zero-order valence-corrected chi connectivity index (χ0v) is 19.7. The van der Waals surface area contributed by atoms with Crippen molar-refractivity contribution in [3.8, 4) is 11.1 Å². The van der Waals surface area contributed by atoms with Crippen molar-refractivity contribution in [3.63, 3.8) is 0 Å². The lowest BCUT2D eigenvalue weighted by atomic mass is 9.89. The maximum atomic E-state index is 14.3. The van der Waals surface area contributed by atoms with E-state index in [-0.39, 0.29) is 30.2 Å². The molecule has 1 saturated heterocycles. The van der Waals surface area contributed by atoms with Gasteiger partial charge in [-0.1, -0.05) is 24.6 Å². The molecule has 186 valence electrons. The van der Waals surface area contributed by atoms with Crippen molar-refractivity contribution in [2.45, 2.75) is 38.9 Å². The van der Waals surface area contributed by atoms with Crippen LogP contribution in [0.1, 0.15) is 41.3 Å². The molecule has 35 heavy (non-hydrogen) atoms. The minimum Gasteiger partial charge on any atom is -0.366 e. The lowest BCUT2D eigenvalue weighted by molar-refractivity contribution is -0.138. The second-order valence-corrected chi connectivity index (χ2v) is 9.07. The van der Waals surface area contributed by atoms with E-state index in [4.69, 9.17) is 0 Å². The zero-order chi connectivity index (χ0) is 25.3. The Labute approximate surface area is 201 Å². The summed E-state index contributed by atoms with van der Waals surface area (Å²) >= 11 is 0. The number of aryl methyl sites for hydroxylation is 2. The van der Waals surface area contributed by atoms with Crippen molar-refractivity contribution in [2.24, 2.45) is 13.0 Å². The van der Waals surface area contributed by atoms with E-state index in [9.17, 15) is 22.4 Å². The monoisotopic (exact) mass is 489 g/mol. The Morgan fingerprint density at radius 1 is 1.23 bits per heavy atom. The van der Waals surface area contributed by atoms with Gasteiger partial charge in [0.25, 0.3) is 5.91 Å². The molecule has 0 spiro atoms. The van der Waals surface area contributed by atoms with Crippen LogP contribution in [0.5, 0.6) is 0 Å². The highest BCUT2D eigenvalue weighted by Gasteiger charge is 2.34. The van der Waals surface area contributed by atoms with Gasteiger partial charge in [-0.25, -0.2) is 9.37 Å². The second-order valence-electron chi connectivity index (χ2n) is 9.07. The third-order valence-corrected chi connectivity index (χ3v) is 6.45. The molecule has 0 bridgehead atoms. The van der Waals surface area contributed by atoms with Crippen molar-refractivity contribution in [3.05, 3.63) is 65.4 Å². The molecular formula is C25H27F4N5O. The minimum absolute atomic E-state index is 0.101. The average Bonchev–Trinajstić information content (AvgIpc) is 3.23. The van der Waals surface area contributed by atoms with E-state index < -0.39 is 17.6 Å². The number of aromatic nitrogens is 3. The molecule has 1 unspecified atom stereocenters. The molecule has 1 aromatic carbocycles. The minimum atomic E-state index is -4.67. The number of hydrogen-bond acceptors (Lipinski definition) is 4. The molecular weight excluding hydrogens is 462 g/mol. The second kappa shape index (κ2) is 9.67. The van der Waals surface area contributed by atoms with Crippen molar-refractivity contribution in [1.82, 2.24) is 19.7 Å². The molecule has 0 aliphatic carbocycles. The fourth-order valence-corrected chi connectivity index (χ4v) is 4.54. The number of nitrogens with one attached hydrogen (secondary N) is 1. The number of alkyl halides is 3. The lowest BCUT2D eigenvalue weighted by Gasteiger charge is -2.40. The van der Waals surface area contributed by atoms with Gasteiger partial charge < -0.3 is 10.2 Å². The third kappa shape index (κ3) is 5.31. The number of halogens is 4. The van der Waals surface area contributed by atoms with E-state index in [0.717, 1.165) is 29.5 Å². The summed E-state index contributed by atoms with van der Waals surface area (Å²) in [6.45, 7) is 4.62. The van der Waals surface area contributed by atoms with Crippen molar-refractivity contribution in [1.29, 1.82) is 0 Å². The number of carbonyl (C=O) groups excluding carboxylic acids is 1. The normalized spacial score (nSPS) is 18.5. The smallest absolute Gasteiger partial charge is 0.366 e. The fraction of sp³-hybridized carbons (Fsp3) is 0.400. The van der Waals surface area contributed by atoms with Crippen LogP contribution in [0.25, 0.3) is 11.1 Å². The Morgan fingerprint density at radius 2 is 2.00 bits per heavy atom. The third-order valence-electron chi connectivity index (χ3n) is 6.45.